The topological polar surface area (TPSA) is 53.5 Å². The van der Waals surface area contributed by atoms with E-state index in [9.17, 15) is 8.60 Å². The molecule has 0 spiro atoms. The predicted octanol–water partition coefficient (Wildman–Crippen LogP) is 3.62. The van der Waals surface area contributed by atoms with E-state index in [1.54, 1.807) is 19.2 Å². The van der Waals surface area contributed by atoms with Gasteiger partial charge in [-0.25, -0.2) is 4.39 Å². The molecule has 26 heavy (non-hydrogen) atoms. The van der Waals surface area contributed by atoms with Crippen molar-refractivity contribution >= 4 is 40.7 Å². The first-order chi connectivity index (χ1) is 12.1. The molecule has 1 aliphatic carbocycles. The Bertz CT molecular complexity index is 600. The molecule has 1 aromatic carbocycles. The lowest BCUT2D eigenvalue weighted by Crippen LogP contribution is -2.46. The van der Waals surface area contributed by atoms with Gasteiger partial charge in [0.05, 0.1) is 0 Å². The first kappa shape index (κ1) is 23.3. The van der Waals surface area contributed by atoms with Gasteiger partial charge in [0.25, 0.3) is 0 Å². The van der Waals surface area contributed by atoms with Gasteiger partial charge in [0.15, 0.2) is 5.96 Å². The maximum atomic E-state index is 13.2. The van der Waals surface area contributed by atoms with Crippen molar-refractivity contribution in [3.8, 4) is 0 Å². The molecule has 1 fully saturated rings. The Labute approximate surface area is 176 Å². The van der Waals surface area contributed by atoms with Crippen LogP contribution in [0.2, 0.25) is 0 Å². The fraction of sp³-hybridized carbons (Fsp3) is 0.632. The SMILES string of the molecule is CCS(=O)C1CCCC(NC(=NC)NCCCc2cccc(F)c2)C1.I. The van der Waals surface area contributed by atoms with Crippen LogP contribution in [0, 0.1) is 5.82 Å². The Morgan fingerprint density at radius 3 is 2.88 bits per heavy atom. The van der Waals surface area contributed by atoms with Gasteiger partial charge < -0.3 is 10.6 Å². The summed E-state index contributed by atoms with van der Waals surface area (Å²) in [4.78, 5) is 4.29. The van der Waals surface area contributed by atoms with Crippen LogP contribution in [-0.4, -0.2) is 40.8 Å². The van der Waals surface area contributed by atoms with E-state index < -0.39 is 10.8 Å². The number of aryl methyl sites for hydroxylation is 1. The molecule has 2 N–H and O–H groups in total. The van der Waals surface area contributed by atoms with Gasteiger partial charge >= 0.3 is 0 Å². The number of guanidine groups is 1. The third-order valence-electron chi connectivity index (χ3n) is 4.67. The molecule has 0 bridgehead atoms. The molecule has 0 heterocycles. The van der Waals surface area contributed by atoms with Gasteiger partial charge in [-0.1, -0.05) is 25.5 Å². The van der Waals surface area contributed by atoms with Crippen molar-refractivity contribution in [3.63, 3.8) is 0 Å². The molecule has 1 aliphatic rings. The fourth-order valence-corrected chi connectivity index (χ4v) is 4.68. The molecule has 7 heteroatoms. The quantitative estimate of drug-likeness (QED) is 0.263. The number of rotatable bonds is 7. The summed E-state index contributed by atoms with van der Waals surface area (Å²) in [6, 6.07) is 7.09. The summed E-state index contributed by atoms with van der Waals surface area (Å²) in [5.41, 5.74) is 1.02. The van der Waals surface area contributed by atoms with Crippen LogP contribution in [0.1, 0.15) is 44.6 Å². The summed E-state index contributed by atoms with van der Waals surface area (Å²) in [5, 5.41) is 7.10. The van der Waals surface area contributed by atoms with E-state index in [1.165, 1.54) is 6.07 Å². The van der Waals surface area contributed by atoms with Gasteiger partial charge in [0, 0.05) is 41.4 Å². The van der Waals surface area contributed by atoms with E-state index in [2.05, 4.69) is 15.6 Å². The molecule has 0 radical (unpaired) electrons. The summed E-state index contributed by atoms with van der Waals surface area (Å²) in [6.07, 6.45) is 5.98. The van der Waals surface area contributed by atoms with E-state index >= 15 is 0 Å². The predicted molar refractivity (Wildman–Crippen MR) is 119 cm³/mol. The molecule has 1 aromatic rings. The van der Waals surface area contributed by atoms with Crippen molar-refractivity contribution in [3.05, 3.63) is 35.6 Å². The lowest BCUT2D eigenvalue weighted by Gasteiger charge is -2.30. The molecule has 0 amide bonds. The molecule has 0 saturated heterocycles. The van der Waals surface area contributed by atoms with Crippen molar-refractivity contribution in [1.82, 2.24) is 10.6 Å². The van der Waals surface area contributed by atoms with Crippen molar-refractivity contribution in [2.75, 3.05) is 19.3 Å². The average molecular weight is 495 g/mol. The molecule has 3 atom stereocenters. The fourth-order valence-electron chi connectivity index (χ4n) is 3.33. The van der Waals surface area contributed by atoms with E-state index in [4.69, 9.17) is 0 Å². The second-order valence-electron chi connectivity index (χ2n) is 6.53. The molecule has 2 rings (SSSR count). The first-order valence-electron chi connectivity index (χ1n) is 9.21. The highest BCUT2D eigenvalue weighted by Crippen LogP contribution is 2.22. The van der Waals surface area contributed by atoms with E-state index in [0.29, 0.717) is 11.3 Å². The number of halogens is 2. The minimum Gasteiger partial charge on any atom is -0.356 e. The highest BCUT2D eigenvalue weighted by Gasteiger charge is 2.25. The lowest BCUT2D eigenvalue weighted by atomic mass is 9.95. The van der Waals surface area contributed by atoms with Crippen LogP contribution >= 0.6 is 24.0 Å². The molecule has 1 saturated carbocycles. The third kappa shape index (κ3) is 7.90. The highest BCUT2D eigenvalue weighted by atomic mass is 127. The van der Waals surface area contributed by atoms with Crippen LogP contribution in [0.15, 0.2) is 29.3 Å². The number of nitrogens with one attached hydrogen (secondary N) is 2. The molecule has 0 aromatic heterocycles. The van der Waals surface area contributed by atoms with E-state index in [1.807, 2.05) is 13.0 Å². The summed E-state index contributed by atoms with van der Waals surface area (Å²) in [5.74, 6) is 1.36. The van der Waals surface area contributed by atoms with Gasteiger partial charge in [-0.3, -0.25) is 9.20 Å². The van der Waals surface area contributed by atoms with Crippen LogP contribution in [0.4, 0.5) is 4.39 Å². The third-order valence-corrected chi connectivity index (χ3v) is 6.41. The summed E-state index contributed by atoms with van der Waals surface area (Å²) >= 11 is 0. The molecule has 148 valence electrons. The zero-order chi connectivity index (χ0) is 18.1. The average Bonchev–Trinajstić information content (AvgIpc) is 2.63. The maximum Gasteiger partial charge on any atom is 0.191 e. The summed E-state index contributed by atoms with van der Waals surface area (Å²) < 4.78 is 25.2. The standard InChI is InChI=1S/C19H30FN3OS.HI/c1-3-25(24)18-11-5-10-17(14-18)23-19(21-2)22-12-6-8-15-7-4-9-16(20)13-15;/h4,7,9,13,17-18H,3,5-6,8,10-12,14H2,1-2H3,(H2,21,22,23);1H. The van der Waals surface area contributed by atoms with Gasteiger partial charge in [-0.15, -0.1) is 24.0 Å². The van der Waals surface area contributed by atoms with Crippen LogP contribution < -0.4 is 10.6 Å². The summed E-state index contributed by atoms with van der Waals surface area (Å²) in [6.45, 7) is 2.78. The van der Waals surface area contributed by atoms with Crippen molar-refractivity contribution in [2.45, 2.75) is 56.7 Å². The second kappa shape index (κ2) is 12.6. The zero-order valence-corrected chi connectivity index (χ0v) is 18.8. The number of hydrogen-bond acceptors (Lipinski definition) is 2. The van der Waals surface area contributed by atoms with Gasteiger partial charge in [0.2, 0.25) is 0 Å². The number of hydrogen-bond donors (Lipinski definition) is 2. The van der Waals surface area contributed by atoms with E-state index in [-0.39, 0.29) is 29.8 Å². The van der Waals surface area contributed by atoms with E-state index in [0.717, 1.165) is 62.3 Å². The van der Waals surface area contributed by atoms with Crippen molar-refractivity contribution in [1.29, 1.82) is 0 Å². The molecule has 4 nitrogen and oxygen atoms in total. The minimum atomic E-state index is -0.712. The van der Waals surface area contributed by atoms with Crippen molar-refractivity contribution in [2.24, 2.45) is 4.99 Å². The van der Waals surface area contributed by atoms with Crippen LogP contribution in [0.25, 0.3) is 0 Å². The van der Waals surface area contributed by atoms with Crippen molar-refractivity contribution < 1.29 is 8.60 Å². The normalized spacial score (nSPS) is 21.6. The van der Waals surface area contributed by atoms with Gasteiger partial charge in [-0.2, -0.15) is 0 Å². The molecular weight excluding hydrogens is 464 g/mol. The Morgan fingerprint density at radius 1 is 1.38 bits per heavy atom. The van der Waals surface area contributed by atoms with Gasteiger partial charge in [-0.05, 0) is 49.8 Å². The Balaban J connectivity index is 0.00000338. The van der Waals surface area contributed by atoms with Crippen LogP contribution in [0.3, 0.4) is 0 Å². The zero-order valence-electron chi connectivity index (χ0n) is 15.7. The molecule has 0 aliphatic heterocycles. The molecule has 3 unspecified atom stereocenters. The Hall–Kier alpha value is -0.700. The lowest BCUT2D eigenvalue weighted by molar-refractivity contribution is 0.413. The second-order valence-corrected chi connectivity index (χ2v) is 8.54. The number of nitrogens with zero attached hydrogens (tertiary/aromatic N) is 1. The van der Waals surface area contributed by atoms with Gasteiger partial charge in [0.1, 0.15) is 5.82 Å². The first-order valence-corrected chi connectivity index (χ1v) is 10.6. The number of benzene rings is 1. The van der Waals surface area contributed by atoms with Crippen LogP contribution in [0.5, 0.6) is 0 Å². The van der Waals surface area contributed by atoms with Crippen LogP contribution in [-0.2, 0) is 17.2 Å². The molecular formula is C19H31FIN3OS. The smallest absolute Gasteiger partial charge is 0.191 e. The summed E-state index contributed by atoms with van der Waals surface area (Å²) in [7, 11) is 1.06. The monoisotopic (exact) mass is 495 g/mol. The highest BCUT2D eigenvalue weighted by molar-refractivity contribution is 14.0. The largest absolute Gasteiger partial charge is 0.356 e. The minimum absolute atomic E-state index is 0. The Kier molecular flexibility index (Phi) is 11.4. The Morgan fingerprint density at radius 2 is 2.19 bits per heavy atom. The number of aliphatic imine (C=N–C) groups is 1. The maximum absolute atomic E-state index is 13.2.